The smallest absolute Gasteiger partial charge is 0.123 e. The summed E-state index contributed by atoms with van der Waals surface area (Å²) >= 11 is 0. The van der Waals surface area contributed by atoms with E-state index in [4.69, 9.17) is 9.97 Å². The predicted molar refractivity (Wildman–Crippen MR) is 169 cm³/mol. The van der Waals surface area contributed by atoms with Crippen LogP contribution < -0.4 is 20.9 Å². The van der Waals surface area contributed by atoms with E-state index < -0.39 is 0 Å². The molecule has 2 aromatic heterocycles. The first-order valence-corrected chi connectivity index (χ1v) is 15.8. The number of anilines is 1. The highest BCUT2D eigenvalue weighted by atomic mass is 15.2. The number of hydrogen-bond acceptors (Lipinski definition) is 6. The van der Waals surface area contributed by atoms with E-state index in [1.54, 1.807) is 5.56 Å². The highest BCUT2D eigenvalue weighted by molar-refractivity contribution is 5.75. The van der Waals surface area contributed by atoms with Gasteiger partial charge in [-0.3, -0.25) is 0 Å². The number of hydrogen-bond donors (Lipinski definition) is 5. The molecule has 0 radical (unpaired) electrons. The van der Waals surface area contributed by atoms with E-state index in [0.717, 1.165) is 62.9 Å². The van der Waals surface area contributed by atoms with Crippen LogP contribution in [-0.2, 0) is 0 Å². The Kier molecular flexibility index (Phi) is 7.18. The minimum Gasteiger partial charge on any atom is -0.371 e. The summed E-state index contributed by atoms with van der Waals surface area (Å²) in [6.45, 7) is 7.92. The summed E-state index contributed by atoms with van der Waals surface area (Å²) in [4.78, 5) is 19.6. The maximum Gasteiger partial charge on any atom is 0.123 e. The van der Waals surface area contributed by atoms with Crippen molar-refractivity contribution in [1.82, 2.24) is 35.9 Å². The Morgan fingerprint density at radius 1 is 1.02 bits per heavy atom. The second-order valence-electron chi connectivity index (χ2n) is 12.8. The standard InChI is InChI=1S/C32H46N8.4H2/c1-4-6-22(33-3)31-35-17-26(38-31)20-10-13-40(14-11-20)28-9-8-21(27-18-36-32(39-27)23-7-5-12-34-23)29-24-15-19(2)16-25(37-24)30(28)29;;;;/h8-9,17-20,22-25,33-34,37H,4-7,10-16H2,1-3H3,(H,35,38)(H,36,39);4*1H/t19?,22-,23-,24?,25?;;;;/m0..../s1. The molecule has 1 aromatic carbocycles. The molecular weight excluding hydrogens is 496 g/mol. The zero-order valence-electron chi connectivity index (χ0n) is 24.4. The third-order valence-corrected chi connectivity index (χ3v) is 10.1. The molecule has 4 aliphatic rings. The summed E-state index contributed by atoms with van der Waals surface area (Å²) in [5.41, 5.74) is 8.36. The first-order valence-electron chi connectivity index (χ1n) is 15.8. The summed E-state index contributed by atoms with van der Waals surface area (Å²) in [5, 5.41) is 11.0. The average molecular weight is 551 g/mol. The first-order chi connectivity index (χ1) is 19.6. The molecule has 0 aliphatic carbocycles. The fraction of sp³-hybridized carbons (Fsp3) is 0.625. The fourth-order valence-corrected chi connectivity index (χ4v) is 8.00. The van der Waals surface area contributed by atoms with Crippen LogP contribution in [0.1, 0.15) is 129 Å². The number of imidazole rings is 2. The van der Waals surface area contributed by atoms with Gasteiger partial charge in [-0.15, -0.1) is 0 Å². The van der Waals surface area contributed by atoms with Gasteiger partial charge in [0.15, 0.2) is 0 Å². The van der Waals surface area contributed by atoms with E-state index in [0.29, 0.717) is 30.1 Å². The number of nitrogens with one attached hydrogen (secondary N) is 5. The van der Waals surface area contributed by atoms with E-state index in [1.165, 1.54) is 53.9 Å². The van der Waals surface area contributed by atoms with Crippen LogP contribution in [0.5, 0.6) is 0 Å². The Balaban J connectivity index is 0.00000132. The van der Waals surface area contributed by atoms with Crippen LogP contribution in [0.2, 0.25) is 0 Å². The number of H-pyrrole nitrogens is 2. The second kappa shape index (κ2) is 11.0. The van der Waals surface area contributed by atoms with E-state index in [2.05, 4.69) is 69.2 Å². The molecule has 0 saturated carbocycles. The Morgan fingerprint density at radius 3 is 2.60 bits per heavy atom. The molecule has 2 bridgehead atoms. The molecule has 4 aliphatic heterocycles. The lowest BCUT2D eigenvalue weighted by atomic mass is 9.90. The maximum atomic E-state index is 4.82. The minimum absolute atomic E-state index is 0. The van der Waals surface area contributed by atoms with Crippen molar-refractivity contribution in [2.45, 2.75) is 95.3 Å². The highest BCUT2D eigenvalue weighted by Gasteiger charge is 2.41. The van der Waals surface area contributed by atoms with Gasteiger partial charge >= 0.3 is 0 Å². The van der Waals surface area contributed by atoms with Gasteiger partial charge in [-0.25, -0.2) is 9.97 Å². The van der Waals surface area contributed by atoms with Crippen LogP contribution >= 0.6 is 0 Å². The molecule has 5 N–H and O–H groups in total. The van der Waals surface area contributed by atoms with Gasteiger partial charge in [0, 0.05) is 59.9 Å². The van der Waals surface area contributed by atoms with Gasteiger partial charge in [-0.2, -0.15) is 0 Å². The number of nitrogens with zero attached hydrogens (tertiary/aromatic N) is 3. The number of aromatic amines is 2. The molecule has 0 amide bonds. The Bertz CT molecular complexity index is 1330. The fourth-order valence-electron chi connectivity index (χ4n) is 8.00. The van der Waals surface area contributed by atoms with Crippen molar-refractivity contribution in [3.05, 3.63) is 53.0 Å². The number of piperidine rings is 2. The third kappa shape index (κ3) is 4.68. The lowest BCUT2D eigenvalue weighted by Gasteiger charge is -2.35. The summed E-state index contributed by atoms with van der Waals surface area (Å²) in [5.74, 6) is 3.47. The van der Waals surface area contributed by atoms with Crippen LogP contribution in [0.4, 0.5) is 5.69 Å². The lowest BCUT2D eigenvalue weighted by molar-refractivity contribution is 0.290. The number of rotatable bonds is 8. The van der Waals surface area contributed by atoms with Crippen LogP contribution in [0.3, 0.4) is 0 Å². The normalized spacial score (nSPS) is 27.3. The summed E-state index contributed by atoms with van der Waals surface area (Å²) < 4.78 is 0. The van der Waals surface area contributed by atoms with Gasteiger partial charge in [0.2, 0.25) is 0 Å². The van der Waals surface area contributed by atoms with Crippen LogP contribution in [0.25, 0.3) is 11.3 Å². The van der Waals surface area contributed by atoms with Gasteiger partial charge < -0.3 is 30.8 Å². The van der Waals surface area contributed by atoms with E-state index in [9.17, 15) is 0 Å². The van der Waals surface area contributed by atoms with Gasteiger partial charge in [-0.1, -0.05) is 26.3 Å². The molecule has 7 rings (SSSR count). The SMILES string of the molecule is CCC[C@H](NC)c1ncc(C2CCN(c3ccc(-c4cnc([C@@H]5CCCN5)[nH]4)c4c3C3CC(C)CC4N3)CC2)[nH]1.[HH].[HH].[HH].[HH]. The van der Waals surface area contributed by atoms with Crippen molar-refractivity contribution >= 4 is 5.69 Å². The zero-order chi connectivity index (χ0) is 27.2. The molecule has 5 atom stereocenters. The molecule has 40 heavy (non-hydrogen) atoms. The average Bonchev–Trinajstić information content (AvgIpc) is 3.79. The quantitative estimate of drug-likeness (QED) is 0.212. The van der Waals surface area contributed by atoms with Crippen molar-refractivity contribution in [1.29, 1.82) is 0 Å². The van der Waals surface area contributed by atoms with Crippen LogP contribution in [-0.4, -0.2) is 46.6 Å². The molecule has 3 saturated heterocycles. The van der Waals surface area contributed by atoms with E-state index in [-0.39, 0.29) is 5.71 Å². The molecule has 3 unspecified atom stereocenters. The van der Waals surface area contributed by atoms with Crippen LogP contribution in [0, 0.1) is 5.92 Å². The third-order valence-electron chi connectivity index (χ3n) is 10.1. The molecule has 3 aromatic rings. The Morgan fingerprint density at radius 2 is 1.85 bits per heavy atom. The Labute approximate surface area is 244 Å². The van der Waals surface area contributed by atoms with Crippen molar-refractivity contribution < 1.29 is 5.71 Å². The van der Waals surface area contributed by atoms with E-state index in [1.807, 2.05) is 7.05 Å². The number of benzene rings is 1. The Hall–Kier alpha value is -2.68. The molecule has 222 valence electrons. The lowest BCUT2D eigenvalue weighted by Crippen LogP contribution is -2.34. The topological polar surface area (TPSA) is 96.7 Å². The number of fused-ring (bicyclic) bond motifs is 5. The second-order valence-corrected chi connectivity index (χ2v) is 12.8. The van der Waals surface area contributed by atoms with Crippen molar-refractivity contribution in [3.63, 3.8) is 0 Å². The molecule has 6 heterocycles. The molecule has 3 fully saturated rings. The first kappa shape index (κ1) is 26.2. The predicted octanol–water partition coefficient (Wildman–Crippen LogP) is 6.77. The summed E-state index contributed by atoms with van der Waals surface area (Å²) in [7, 11) is 2.04. The molecule has 8 nitrogen and oxygen atoms in total. The number of aromatic nitrogens is 4. The largest absolute Gasteiger partial charge is 0.371 e. The zero-order valence-corrected chi connectivity index (χ0v) is 24.4. The van der Waals surface area contributed by atoms with Gasteiger partial charge in [0.1, 0.15) is 11.6 Å². The summed E-state index contributed by atoms with van der Waals surface area (Å²) in [6, 6.07) is 6.34. The molecular formula is C32H54N8. The van der Waals surface area contributed by atoms with Gasteiger partial charge in [-0.05, 0) is 81.6 Å². The van der Waals surface area contributed by atoms with Crippen molar-refractivity contribution in [3.8, 4) is 11.3 Å². The monoisotopic (exact) mass is 550 g/mol. The van der Waals surface area contributed by atoms with Gasteiger partial charge in [0.25, 0.3) is 0 Å². The summed E-state index contributed by atoms with van der Waals surface area (Å²) in [6.07, 6.45) is 13.6. The van der Waals surface area contributed by atoms with E-state index >= 15 is 0 Å². The van der Waals surface area contributed by atoms with Gasteiger partial charge in [0.05, 0.1) is 24.0 Å². The maximum absolute atomic E-state index is 4.82. The van der Waals surface area contributed by atoms with Crippen LogP contribution in [0.15, 0.2) is 24.5 Å². The highest BCUT2D eigenvalue weighted by Crippen LogP contribution is 2.52. The van der Waals surface area contributed by atoms with Crippen molar-refractivity contribution in [2.24, 2.45) is 5.92 Å². The minimum atomic E-state index is 0. The molecule has 8 heteroatoms. The molecule has 0 spiro atoms. The van der Waals surface area contributed by atoms with Crippen molar-refractivity contribution in [2.75, 3.05) is 31.6 Å².